The zero-order valence-electron chi connectivity index (χ0n) is 15.7. The van der Waals surface area contributed by atoms with Crippen LogP contribution < -0.4 is 10.1 Å². The molecule has 1 heterocycles. The molecule has 1 aliphatic rings. The van der Waals surface area contributed by atoms with Crippen LogP contribution in [0.2, 0.25) is 0 Å². The third kappa shape index (κ3) is 5.86. The van der Waals surface area contributed by atoms with Crippen LogP contribution in [-0.4, -0.2) is 30.0 Å². The lowest BCUT2D eigenvalue weighted by Gasteiger charge is -2.19. The minimum Gasteiger partial charge on any atom is -0.493 e. The molecular weight excluding hydrogens is 334 g/mol. The number of fused-ring (bicyclic) bond motifs is 1. The van der Waals surface area contributed by atoms with Gasteiger partial charge >= 0.3 is 5.97 Å². The van der Waals surface area contributed by atoms with Crippen molar-refractivity contribution in [2.45, 2.75) is 64.9 Å². The topological polar surface area (TPSA) is 81.7 Å². The molecule has 0 atom stereocenters. The number of ether oxygens (including phenoxy) is 2. The van der Waals surface area contributed by atoms with E-state index in [4.69, 9.17) is 9.47 Å². The first-order valence-electron chi connectivity index (χ1n) is 9.11. The van der Waals surface area contributed by atoms with Gasteiger partial charge in [-0.1, -0.05) is 25.3 Å². The molecule has 0 unspecified atom stereocenters. The summed E-state index contributed by atoms with van der Waals surface area (Å²) < 4.78 is 10.9. The van der Waals surface area contributed by atoms with Crippen LogP contribution in [0.3, 0.4) is 0 Å². The number of unbranched alkanes of at least 4 members (excludes halogenated alkanes) is 4. The molecule has 0 saturated carbocycles. The molecular formula is C20H27NO5. The Bertz CT molecular complexity index is 675. The van der Waals surface area contributed by atoms with E-state index in [0.717, 1.165) is 32.1 Å². The molecule has 2 amide bonds. The van der Waals surface area contributed by atoms with Crippen LogP contribution in [0.25, 0.3) is 0 Å². The van der Waals surface area contributed by atoms with Crippen molar-refractivity contribution < 1.29 is 23.9 Å². The van der Waals surface area contributed by atoms with E-state index in [1.165, 1.54) is 0 Å². The first-order chi connectivity index (χ1) is 12.3. The van der Waals surface area contributed by atoms with E-state index >= 15 is 0 Å². The number of benzene rings is 1. The van der Waals surface area contributed by atoms with Gasteiger partial charge in [0.15, 0.2) is 0 Å². The molecule has 1 aromatic rings. The molecule has 26 heavy (non-hydrogen) atoms. The smallest absolute Gasteiger partial charge is 0.306 e. The van der Waals surface area contributed by atoms with Gasteiger partial charge in [0.05, 0.1) is 17.7 Å². The second kappa shape index (κ2) is 8.83. The molecule has 6 nitrogen and oxygen atoms in total. The summed E-state index contributed by atoms with van der Waals surface area (Å²) in [6.45, 7) is 6.09. The van der Waals surface area contributed by atoms with Gasteiger partial charge in [-0.2, -0.15) is 0 Å². The summed E-state index contributed by atoms with van der Waals surface area (Å²) >= 11 is 0. The number of esters is 1. The number of rotatable bonds is 9. The Morgan fingerprint density at radius 1 is 1.00 bits per heavy atom. The zero-order valence-corrected chi connectivity index (χ0v) is 15.7. The molecule has 0 bridgehead atoms. The Balaban J connectivity index is 1.60. The highest BCUT2D eigenvalue weighted by Gasteiger charge is 2.29. The predicted molar refractivity (Wildman–Crippen MR) is 97.3 cm³/mol. The number of hydrogen-bond donors (Lipinski definition) is 1. The Labute approximate surface area is 154 Å². The lowest BCUT2D eigenvalue weighted by atomic mass is 10.1. The van der Waals surface area contributed by atoms with Gasteiger partial charge in [0.2, 0.25) is 0 Å². The Morgan fingerprint density at radius 3 is 2.42 bits per heavy atom. The van der Waals surface area contributed by atoms with Crippen LogP contribution in [-0.2, 0) is 9.53 Å². The average Bonchev–Trinajstić information content (AvgIpc) is 2.83. The van der Waals surface area contributed by atoms with Crippen molar-refractivity contribution in [3.63, 3.8) is 0 Å². The molecule has 0 saturated heterocycles. The van der Waals surface area contributed by atoms with E-state index in [2.05, 4.69) is 5.32 Å². The van der Waals surface area contributed by atoms with E-state index in [1.54, 1.807) is 18.2 Å². The largest absolute Gasteiger partial charge is 0.493 e. The summed E-state index contributed by atoms with van der Waals surface area (Å²) in [5, 5.41) is 2.27. The van der Waals surface area contributed by atoms with Gasteiger partial charge in [-0.15, -0.1) is 0 Å². The number of carbonyl (C=O) groups is 3. The van der Waals surface area contributed by atoms with Gasteiger partial charge in [0, 0.05) is 6.42 Å². The third-order valence-electron chi connectivity index (χ3n) is 3.93. The van der Waals surface area contributed by atoms with E-state index in [0.29, 0.717) is 29.9 Å². The molecule has 0 aromatic heterocycles. The molecule has 1 N–H and O–H groups in total. The van der Waals surface area contributed by atoms with Gasteiger partial charge in [-0.25, -0.2) is 0 Å². The van der Waals surface area contributed by atoms with Gasteiger partial charge in [-0.05, 0) is 45.7 Å². The maximum atomic E-state index is 11.8. The highest BCUT2D eigenvalue weighted by molar-refractivity contribution is 6.22. The third-order valence-corrected chi connectivity index (χ3v) is 3.93. The molecule has 142 valence electrons. The van der Waals surface area contributed by atoms with Crippen LogP contribution in [0.4, 0.5) is 0 Å². The summed E-state index contributed by atoms with van der Waals surface area (Å²) in [5.74, 6) is -0.467. The van der Waals surface area contributed by atoms with Gasteiger partial charge < -0.3 is 9.47 Å². The first kappa shape index (κ1) is 19.9. The zero-order chi connectivity index (χ0) is 19.2. The molecule has 1 aliphatic heterocycles. The van der Waals surface area contributed by atoms with Crippen molar-refractivity contribution >= 4 is 17.8 Å². The number of carbonyl (C=O) groups excluding carboxylic acids is 3. The van der Waals surface area contributed by atoms with Gasteiger partial charge in [0.1, 0.15) is 11.4 Å². The molecule has 2 rings (SSSR count). The second-order valence-electron chi connectivity index (χ2n) is 7.41. The highest BCUT2D eigenvalue weighted by atomic mass is 16.6. The minimum absolute atomic E-state index is 0.147. The summed E-state index contributed by atoms with van der Waals surface area (Å²) in [5.41, 5.74) is 0.276. The molecule has 0 radical (unpaired) electrons. The van der Waals surface area contributed by atoms with Gasteiger partial charge in [0.25, 0.3) is 11.8 Å². The molecule has 0 fully saturated rings. The summed E-state index contributed by atoms with van der Waals surface area (Å²) in [4.78, 5) is 35.0. The Kier molecular flexibility index (Phi) is 6.77. The highest BCUT2D eigenvalue weighted by Crippen LogP contribution is 2.26. The van der Waals surface area contributed by atoms with Crippen molar-refractivity contribution in [2.24, 2.45) is 0 Å². The molecule has 6 heteroatoms. The Morgan fingerprint density at radius 2 is 1.69 bits per heavy atom. The van der Waals surface area contributed by atoms with Crippen LogP contribution in [0.5, 0.6) is 5.75 Å². The van der Waals surface area contributed by atoms with E-state index in [1.807, 2.05) is 20.8 Å². The van der Waals surface area contributed by atoms with Crippen LogP contribution >= 0.6 is 0 Å². The summed E-state index contributed by atoms with van der Waals surface area (Å²) in [6, 6.07) is 5.04. The normalized spacial score (nSPS) is 13.3. The standard InChI is InChI=1S/C20H27NO5/c1-20(2,3)26-16(22)12-7-5-4-6-8-13-25-15-11-9-10-14-17(15)19(24)21-18(14)23/h9-11H,4-8,12-13H2,1-3H3,(H,21,23,24). The van der Waals surface area contributed by atoms with Crippen LogP contribution in [0.1, 0.15) is 80.0 Å². The number of hydrogen-bond acceptors (Lipinski definition) is 5. The monoisotopic (exact) mass is 361 g/mol. The maximum Gasteiger partial charge on any atom is 0.306 e. The maximum absolute atomic E-state index is 11.8. The van der Waals surface area contributed by atoms with Crippen molar-refractivity contribution in [1.82, 2.24) is 5.32 Å². The fourth-order valence-electron chi connectivity index (χ4n) is 2.78. The SMILES string of the molecule is CC(C)(C)OC(=O)CCCCCCCOc1cccc2c1C(=O)NC2=O. The number of amides is 2. The van der Waals surface area contributed by atoms with Crippen LogP contribution in [0.15, 0.2) is 18.2 Å². The molecule has 0 aliphatic carbocycles. The quantitative estimate of drug-likeness (QED) is 0.413. The molecule has 0 spiro atoms. The van der Waals surface area contributed by atoms with Gasteiger partial charge in [-0.3, -0.25) is 19.7 Å². The van der Waals surface area contributed by atoms with Crippen molar-refractivity contribution in [1.29, 1.82) is 0 Å². The number of imide groups is 1. The van der Waals surface area contributed by atoms with E-state index in [9.17, 15) is 14.4 Å². The fourth-order valence-corrected chi connectivity index (χ4v) is 2.78. The van der Waals surface area contributed by atoms with E-state index in [-0.39, 0.29) is 11.9 Å². The van der Waals surface area contributed by atoms with Crippen molar-refractivity contribution in [3.8, 4) is 5.75 Å². The second-order valence-corrected chi connectivity index (χ2v) is 7.41. The average molecular weight is 361 g/mol. The molecule has 1 aromatic carbocycles. The summed E-state index contributed by atoms with van der Waals surface area (Å²) in [7, 11) is 0. The predicted octanol–water partition coefficient (Wildman–Crippen LogP) is 3.63. The minimum atomic E-state index is -0.423. The van der Waals surface area contributed by atoms with Crippen LogP contribution in [0, 0.1) is 0 Å². The van der Waals surface area contributed by atoms with Crippen molar-refractivity contribution in [3.05, 3.63) is 29.3 Å². The van der Waals surface area contributed by atoms with E-state index < -0.39 is 11.5 Å². The lowest BCUT2D eigenvalue weighted by Crippen LogP contribution is -2.23. The number of nitrogens with one attached hydrogen (secondary N) is 1. The Hall–Kier alpha value is -2.37. The lowest BCUT2D eigenvalue weighted by molar-refractivity contribution is -0.154. The first-order valence-corrected chi connectivity index (χ1v) is 9.11. The van der Waals surface area contributed by atoms with Crippen molar-refractivity contribution in [2.75, 3.05) is 6.61 Å². The summed E-state index contributed by atoms with van der Waals surface area (Å²) in [6.07, 6.45) is 5.09. The fraction of sp³-hybridized carbons (Fsp3) is 0.550.